The molecular formula is C25H30ClN3O. The lowest BCUT2D eigenvalue weighted by Crippen LogP contribution is -2.54. The van der Waals surface area contributed by atoms with E-state index in [2.05, 4.69) is 22.3 Å². The number of hydrogen-bond acceptors (Lipinski definition) is 3. The van der Waals surface area contributed by atoms with Crippen molar-refractivity contribution in [1.29, 1.82) is 0 Å². The van der Waals surface area contributed by atoms with E-state index in [4.69, 9.17) is 11.8 Å². The normalized spacial score (nSPS) is 26.8. The molecule has 30 heavy (non-hydrogen) atoms. The van der Waals surface area contributed by atoms with Crippen molar-refractivity contribution in [2.24, 2.45) is 5.92 Å². The van der Waals surface area contributed by atoms with Crippen molar-refractivity contribution in [2.45, 2.75) is 50.7 Å². The Balaban J connectivity index is 1.35. The first-order valence-electron chi connectivity index (χ1n) is 11.3. The molecule has 0 aliphatic carbocycles. The highest BCUT2D eigenvalue weighted by Gasteiger charge is 2.39. The van der Waals surface area contributed by atoms with Gasteiger partial charge in [0.1, 0.15) is 0 Å². The highest BCUT2D eigenvalue weighted by molar-refractivity contribution is 6.24. The molecule has 2 aromatic carbocycles. The van der Waals surface area contributed by atoms with Gasteiger partial charge in [-0.2, -0.15) is 0 Å². The van der Waals surface area contributed by atoms with E-state index in [1.54, 1.807) is 0 Å². The van der Waals surface area contributed by atoms with Crippen molar-refractivity contribution < 1.29 is 4.79 Å². The third kappa shape index (κ3) is 3.66. The molecule has 0 aromatic heterocycles. The lowest BCUT2D eigenvalue weighted by atomic mass is 9.77. The van der Waals surface area contributed by atoms with Crippen LogP contribution in [0.4, 0.5) is 0 Å². The second-order valence-electron chi connectivity index (χ2n) is 9.08. The standard InChI is InChI=1S/C25H30ClN3O/c1-17(18-6-3-2-4-7-18)29(26)25(30)20-9-10-22-19(14-20)11-13-28-16-21-8-5-12-27-23(21)15-24(22)28/h2-4,6-7,9-10,14,17,21,23-24,27H,5,8,11-13,15-16H2,1H3/t17-,21-,23+,24-/m1/s1. The molecule has 0 bridgehead atoms. The molecule has 3 heterocycles. The van der Waals surface area contributed by atoms with Gasteiger partial charge >= 0.3 is 0 Å². The number of halogens is 1. The first-order chi connectivity index (χ1) is 14.6. The Morgan fingerprint density at radius 1 is 1.23 bits per heavy atom. The number of nitrogens with zero attached hydrogens (tertiary/aromatic N) is 2. The first kappa shape index (κ1) is 20.0. The van der Waals surface area contributed by atoms with E-state index in [0.29, 0.717) is 17.6 Å². The summed E-state index contributed by atoms with van der Waals surface area (Å²) >= 11 is 6.49. The summed E-state index contributed by atoms with van der Waals surface area (Å²) in [7, 11) is 0. The third-order valence-corrected chi connectivity index (χ3v) is 7.79. The molecule has 2 saturated heterocycles. The van der Waals surface area contributed by atoms with Crippen LogP contribution in [0.3, 0.4) is 0 Å². The van der Waals surface area contributed by atoms with Gasteiger partial charge in [0, 0.05) is 42.5 Å². The molecule has 4 nitrogen and oxygen atoms in total. The minimum Gasteiger partial charge on any atom is -0.314 e. The van der Waals surface area contributed by atoms with Crippen LogP contribution in [0.2, 0.25) is 0 Å². The van der Waals surface area contributed by atoms with Crippen LogP contribution in [-0.2, 0) is 6.42 Å². The van der Waals surface area contributed by atoms with Gasteiger partial charge in [-0.15, -0.1) is 0 Å². The minimum absolute atomic E-state index is 0.129. The van der Waals surface area contributed by atoms with Crippen molar-refractivity contribution in [2.75, 3.05) is 19.6 Å². The van der Waals surface area contributed by atoms with Crippen molar-refractivity contribution in [3.8, 4) is 0 Å². The van der Waals surface area contributed by atoms with Crippen LogP contribution in [-0.4, -0.2) is 40.9 Å². The third-order valence-electron chi connectivity index (χ3n) is 7.35. The van der Waals surface area contributed by atoms with Gasteiger partial charge < -0.3 is 5.32 Å². The van der Waals surface area contributed by atoms with Crippen LogP contribution in [0.15, 0.2) is 48.5 Å². The SMILES string of the molecule is C[C@H](c1ccccc1)N(Cl)C(=O)c1ccc2c(c1)CCN1C[C@H]3CCCN[C@H]3C[C@H]21. The molecule has 0 unspecified atom stereocenters. The average Bonchev–Trinajstić information content (AvgIpc) is 2.81. The monoisotopic (exact) mass is 423 g/mol. The smallest absolute Gasteiger partial charge is 0.268 e. The Bertz CT molecular complexity index is 918. The molecule has 1 amide bonds. The zero-order valence-corrected chi connectivity index (χ0v) is 18.3. The molecule has 2 fully saturated rings. The fourth-order valence-electron chi connectivity index (χ4n) is 5.61. The predicted octanol–water partition coefficient (Wildman–Crippen LogP) is 4.71. The average molecular weight is 424 g/mol. The summed E-state index contributed by atoms with van der Waals surface area (Å²) in [5, 5.41) is 3.75. The Hall–Kier alpha value is -1.88. The van der Waals surface area contributed by atoms with E-state index < -0.39 is 0 Å². The number of carbonyl (C=O) groups excluding carboxylic acids is 1. The van der Waals surface area contributed by atoms with Gasteiger partial charge in [-0.3, -0.25) is 9.69 Å². The van der Waals surface area contributed by atoms with Crippen molar-refractivity contribution >= 4 is 17.7 Å². The number of nitrogens with one attached hydrogen (secondary N) is 1. The van der Waals surface area contributed by atoms with Crippen LogP contribution in [0, 0.1) is 5.92 Å². The molecule has 158 valence electrons. The minimum atomic E-state index is -0.181. The molecule has 5 rings (SSSR count). The largest absolute Gasteiger partial charge is 0.314 e. The van der Waals surface area contributed by atoms with Gasteiger partial charge in [-0.25, -0.2) is 4.42 Å². The summed E-state index contributed by atoms with van der Waals surface area (Å²) in [6.45, 7) is 5.40. The van der Waals surface area contributed by atoms with Crippen LogP contribution in [0.1, 0.15) is 65.3 Å². The van der Waals surface area contributed by atoms with Crippen molar-refractivity contribution in [3.63, 3.8) is 0 Å². The van der Waals surface area contributed by atoms with Gasteiger partial charge in [0.15, 0.2) is 0 Å². The maximum Gasteiger partial charge on any atom is 0.268 e. The molecule has 4 atom stereocenters. The zero-order chi connectivity index (χ0) is 20.7. The number of rotatable bonds is 3. The summed E-state index contributed by atoms with van der Waals surface area (Å²) in [5.74, 6) is 0.664. The van der Waals surface area contributed by atoms with Crippen LogP contribution < -0.4 is 5.32 Å². The maximum atomic E-state index is 13.1. The second-order valence-corrected chi connectivity index (χ2v) is 9.44. The van der Waals surface area contributed by atoms with Crippen LogP contribution >= 0.6 is 11.8 Å². The number of carbonyl (C=O) groups is 1. The Kier molecular flexibility index (Phi) is 5.57. The molecule has 0 radical (unpaired) electrons. The number of piperidine rings is 2. The predicted molar refractivity (Wildman–Crippen MR) is 120 cm³/mol. The van der Waals surface area contributed by atoms with E-state index >= 15 is 0 Å². The number of benzene rings is 2. The Morgan fingerprint density at radius 2 is 2.07 bits per heavy atom. The molecule has 0 spiro atoms. The molecule has 0 saturated carbocycles. The van der Waals surface area contributed by atoms with Gasteiger partial charge in [0.25, 0.3) is 5.91 Å². The fourth-order valence-corrected chi connectivity index (χ4v) is 5.82. The van der Waals surface area contributed by atoms with Crippen LogP contribution in [0.5, 0.6) is 0 Å². The summed E-state index contributed by atoms with van der Waals surface area (Å²) < 4.78 is 1.34. The van der Waals surface area contributed by atoms with Crippen molar-refractivity contribution in [1.82, 2.24) is 14.6 Å². The first-order valence-corrected chi connectivity index (χ1v) is 11.6. The number of hydrogen-bond donors (Lipinski definition) is 1. The molecule has 1 N–H and O–H groups in total. The quantitative estimate of drug-likeness (QED) is 0.726. The van der Waals surface area contributed by atoms with E-state index in [-0.39, 0.29) is 11.9 Å². The van der Waals surface area contributed by atoms with E-state index in [1.807, 2.05) is 43.3 Å². The van der Waals surface area contributed by atoms with E-state index in [9.17, 15) is 4.79 Å². The Labute approximate surface area is 184 Å². The Morgan fingerprint density at radius 3 is 2.90 bits per heavy atom. The zero-order valence-electron chi connectivity index (χ0n) is 17.6. The highest BCUT2D eigenvalue weighted by atomic mass is 35.5. The highest BCUT2D eigenvalue weighted by Crippen LogP contribution is 2.41. The van der Waals surface area contributed by atoms with E-state index in [0.717, 1.165) is 31.0 Å². The molecule has 2 aromatic rings. The summed E-state index contributed by atoms with van der Waals surface area (Å²) in [6.07, 6.45) is 4.84. The molecule has 3 aliphatic heterocycles. The number of amides is 1. The maximum absolute atomic E-state index is 13.1. The number of fused-ring (bicyclic) bond motifs is 4. The molecular weight excluding hydrogens is 394 g/mol. The van der Waals surface area contributed by atoms with Crippen molar-refractivity contribution in [3.05, 3.63) is 70.8 Å². The fraction of sp³-hybridized carbons (Fsp3) is 0.480. The summed E-state index contributed by atoms with van der Waals surface area (Å²) in [5.41, 5.74) is 4.44. The molecule has 5 heteroatoms. The van der Waals surface area contributed by atoms with Gasteiger partial charge in [0.05, 0.1) is 6.04 Å². The lowest BCUT2D eigenvalue weighted by Gasteiger charge is -2.49. The summed E-state index contributed by atoms with van der Waals surface area (Å²) in [6, 6.07) is 17.1. The van der Waals surface area contributed by atoms with Gasteiger partial charge in [-0.05, 0) is 73.9 Å². The second kappa shape index (κ2) is 8.33. The summed E-state index contributed by atoms with van der Waals surface area (Å²) in [4.78, 5) is 15.8. The molecule has 3 aliphatic rings. The topological polar surface area (TPSA) is 35.6 Å². The van der Waals surface area contributed by atoms with Crippen LogP contribution in [0.25, 0.3) is 0 Å². The van der Waals surface area contributed by atoms with Gasteiger partial charge in [-0.1, -0.05) is 36.4 Å². The lowest BCUT2D eigenvalue weighted by molar-refractivity contribution is 0.0551. The van der Waals surface area contributed by atoms with Gasteiger partial charge in [0.2, 0.25) is 0 Å². The van der Waals surface area contributed by atoms with E-state index in [1.165, 1.54) is 41.4 Å².